The van der Waals surface area contributed by atoms with E-state index >= 15 is 0 Å². The summed E-state index contributed by atoms with van der Waals surface area (Å²) in [5, 5.41) is 30.2. The number of nitrogens with one attached hydrogen (secondary N) is 12. The monoisotopic (exact) mass is 1600 g/mol. The molecule has 0 aromatic heterocycles. The van der Waals surface area contributed by atoms with Gasteiger partial charge in [-0.05, 0) is 76.9 Å². The second kappa shape index (κ2) is 56.0. The van der Waals surface area contributed by atoms with Crippen LogP contribution in [0.2, 0.25) is 0 Å². The predicted molar refractivity (Wildman–Crippen MR) is 405 cm³/mol. The van der Waals surface area contributed by atoms with Crippen LogP contribution in [0, 0.1) is 0 Å². The van der Waals surface area contributed by atoms with Crippen molar-refractivity contribution < 1.29 is 101 Å². The number of ketones is 2. The van der Waals surface area contributed by atoms with Gasteiger partial charge in [-0.2, -0.15) is 12.6 Å². The maximum Gasteiger partial charge on any atom is 0.243 e. The fourth-order valence-electron chi connectivity index (χ4n) is 10.8. The maximum atomic E-state index is 13.9. The van der Waals surface area contributed by atoms with Gasteiger partial charge in [0.1, 0.15) is 30.0 Å². The molecule has 37 nitrogen and oxygen atoms in total. The number of rotatable bonds is 63. The molecule has 2 rings (SSSR count). The number of carbonyl (C=O) groups excluding carboxylic acids is 19. The van der Waals surface area contributed by atoms with E-state index in [1.807, 2.05) is 0 Å². The summed E-state index contributed by atoms with van der Waals surface area (Å²) < 4.78 is 10.8. The Labute approximate surface area is 649 Å². The van der Waals surface area contributed by atoms with Crippen molar-refractivity contribution in [1.82, 2.24) is 73.6 Å². The molecule has 9 unspecified atom stereocenters. The molecule has 0 spiro atoms. The molecule has 2 saturated heterocycles. The highest BCUT2D eigenvalue weighted by Crippen LogP contribution is 2.28. The highest BCUT2D eigenvalue weighted by Gasteiger charge is 2.42. The Bertz CT molecular complexity index is 3070. The highest BCUT2D eigenvalue weighted by atomic mass is 32.2. The summed E-state index contributed by atoms with van der Waals surface area (Å²) in [6, 6.07) is -7.66. The minimum atomic E-state index is -1.35. The smallest absolute Gasteiger partial charge is 0.243 e. The molecule has 0 saturated carbocycles. The Hall–Kier alpha value is -8.34. The van der Waals surface area contributed by atoms with E-state index in [1.165, 1.54) is 6.92 Å². The minimum Gasteiger partial charge on any atom is -0.379 e. The average molecular weight is 1600 g/mol. The van der Waals surface area contributed by atoms with Crippen LogP contribution >= 0.6 is 36.2 Å². The first-order valence-corrected chi connectivity index (χ1v) is 39.8. The number of thioether (sulfide) groups is 2. The largest absolute Gasteiger partial charge is 0.379 e. The van der Waals surface area contributed by atoms with E-state index in [0.29, 0.717) is 89.7 Å². The molecular formula is C69H114N16O21S3. The number of thiol groups is 1. The molecule has 614 valence electrons. The van der Waals surface area contributed by atoms with Crippen LogP contribution in [-0.2, 0) is 101 Å². The lowest BCUT2D eigenvalue weighted by atomic mass is 10.0. The number of nitrogens with two attached hydrogens (primary N) is 2. The van der Waals surface area contributed by atoms with Gasteiger partial charge in [-0.1, -0.05) is 20.8 Å². The molecular weight excluding hydrogens is 1490 g/mol. The van der Waals surface area contributed by atoms with Gasteiger partial charge in [0.05, 0.1) is 49.0 Å². The Balaban J connectivity index is 1.98. The summed E-state index contributed by atoms with van der Waals surface area (Å²) in [5.74, 6) is -9.83. The van der Waals surface area contributed by atoms with Crippen LogP contribution in [-0.4, -0.2) is 271 Å². The third-order valence-electron chi connectivity index (χ3n) is 17.0. The quantitative estimate of drug-likeness (QED) is 0.0121. The number of imide groups is 2. The van der Waals surface area contributed by atoms with Crippen LogP contribution < -0.4 is 75.3 Å². The van der Waals surface area contributed by atoms with Crippen molar-refractivity contribution in [2.45, 2.75) is 222 Å². The minimum absolute atomic E-state index is 0.00997. The van der Waals surface area contributed by atoms with Crippen molar-refractivity contribution in [2.24, 2.45) is 11.5 Å². The van der Waals surface area contributed by atoms with Crippen molar-refractivity contribution in [3.05, 3.63) is 0 Å². The van der Waals surface area contributed by atoms with Gasteiger partial charge in [0, 0.05) is 147 Å². The lowest BCUT2D eigenvalue weighted by Crippen LogP contribution is -2.54. The molecule has 9 atom stereocenters. The van der Waals surface area contributed by atoms with Gasteiger partial charge in [0.15, 0.2) is 5.78 Å². The van der Waals surface area contributed by atoms with E-state index in [9.17, 15) is 91.1 Å². The van der Waals surface area contributed by atoms with E-state index < -0.39 is 141 Å². The first kappa shape index (κ1) is 96.7. The third kappa shape index (κ3) is 41.3. The predicted octanol–water partition coefficient (Wildman–Crippen LogP) is -3.63. The van der Waals surface area contributed by atoms with E-state index in [4.69, 9.17) is 20.9 Å². The average Bonchev–Trinajstić information content (AvgIpc) is 1.70. The zero-order valence-electron chi connectivity index (χ0n) is 63.1. The van der Waals surface area contributed by atoms with Crippen LogP contribution in [0.5, 0.6) is 0 Å². The molecule has 17 amide bonds. The summed E-state index contributed by atoms with van der Waals surface area (Å²) >= 11 is 5.88. The molecule has 0 radical (unpaired) electrons. The molecule has 0 aromatic carbocycles. The van der Waals surface area contributed by atoms with Crippen molar-refractivity contribution >= 4 is 149 Å². The molecule has 0 aliphatic carbocycles. The van der Waals surface area contributed by atoms with Gasteiger partial charge in [-0.25, -0.2) is 0 Å². The van der Waals surface area contributed by atoms with Gasteiger partial charge in [-0.15, -0.1) is 23.5 Å². The van der Waals surface area contributed by atoms with Crippen molar-refractivity contribution in [3.63, 3.8) is 0 Å². The van der Waals surface area contributed by atoms with Gasteiger partial charge < -0.3 is 84.7 Å². The molecule has 2 aliphatic heterocycles. The molecule has 16 N–H and O–H groups in total. The Kier molecular flexibility index (Phi) is 49.7. The first-order valence-electron chi connectivity index (χ1n) is 37.0. The number of hydrogen-bond donors (Lipinski definition) is 15. The fourth-order valence-corrected chi connectivity index (χ4v) is 13.4. The van der Waals surface area contributed by atoms with Gasteiger partial charge in [0.2, 0.25) is 101 Å². The van der Waals surface area contributed by atoms with Crippen LogP contribution in [0.4, 0.5) is 0 Å². The van der Waals surface area contributed by atoms with Crippen LogP contribution in [0.1, 0.15) is 169 Å². The number of primary amides is 2. The zero-order chi connectivity index (χ0) is 81.2. The van der Waals surface area contributed by atoms with Gasteiger partial charge in [0.25, 0.3) is 0 Å². The zero-order valence-corrected chi connectivity index (χ0v) is 65.6. The van der Waals surface area contributed by atoms with E-state index in [-0.39, 0.29) is 165 Å². The molecule has 40 heteroatoms. The summed E-state index contributed by atoms with van der Waals surface area (Å²) in [6.07, 6.45) is 3.01. The number of ether oxygens (including phenoxy) is 2. The molecule has 2 heterocycles. The lowest BCUT2D eigenvalue weighted by molar-refractivity contribution is -0.140. The van der Waals surface area contributed by atoms with Crippen molar-refractivity contribution in [3.8, 4) is 0 Å². The summed E-state index contributed by atoms with van der Waals surface area (Å²) in [7, 11) is 0. The molecule has 2 aliphatic rings. The van der Waals surface area contributed by atoms with Gasteiger partial charge >= 0.3 is 0 Å². The summed E-state index contributed by atoms with van der Waals surface area (Å²) in [6.45, 7) is 8.83. The number of hydrogen-bond acceptors (Lipinski definition) is 25. The number of nitrogens with zero attached hydrogens (tertiary/aromatic N) is 2. The molecule has 109 heavy (non-hydrogen) atoms. The number of likely N-dealkylation sites (tertiary alicyclic amines) is 2. The maximum absolute atomic E-state index is 13.9. The number of carbonyl (C=O) groups is 19. The normalized spacial score (nSPS) is 15.9. The SMILES string of the molecule is CCC(=O)NCCCCC(NC(=O)CC)C(=O)NC(CSC1CC(=O)N(CCC(=O)NCC(C)NC(=O)C(CCCCNC(=O)CCS)NCC(NC(C)=O)C(=O)CCCC(=O)CCN2C(=O)CC(SCC(NC(=O)C(CCCCNC=O)NC(=O)CCOCCOCCNC(=O)CC)C(N)=O)C2=O)C1=O)C(N)=O. The fraction of sp³-hybridized carbons (Fsp3) is 0.725. The van der Waals surface area contributed by atoms with Crippen molar-refractivity contribution in [1.29, 1.82) is 0 Å². The lowest BCUT2D eigenvalue weighted by Gasteiger charge is -2.24. The summed E-state index contributed by atoms with van der Waals surface area (Å²) in [4.78, 5) is 244. The Morgan fingerprint density at radius 1 is 0.486 bits per heavy atom. The highest BCUT2D eigenvalue weighted by molar-refractivity contribution is 8.01. The Morgan fingerprint density at radius 2 is 0.963 bits per heavy atom. The van der Waals surface area contributed by atoms with Crippen LogP contribution in [0.15, 0.2) is 0 Å². The second-order valence-corrected chi connectivity index (χ2v) is 28.8. The second-order valence-electron chi connectivity index (χ2n) is 25.9. The molecule has 2 fully saturated rings. The molecule has 0 aromatic rings. The summed E-state index contributed by atoms with van der Waals surface area (Å²) in [5.41, 5.74) is 11.3. The third-order valence-corrected chi connectivity index (χ3v) is 19.8. The first-order chi connectivity index (χ1) is 52.0. The number of amides is 17. The number of Topliss-reactive ketones (excluding diaryl/α,β-unsaturated/α-hetero) is 2. The van der Waals surface area contributed by atoms with Crippen LogP contribution in [0.3, 0.4) is 0 Å². The van der Waals surface area contributed by atoms with Crippen LogP contribution in [0.25, 0.3) is 0 Å². The van der Waals surface area contributed by atoms with E-state index in [1.54, 1.807) is 27.7 Å². The van der Waals surface area contributed by atoms with E-state index in [2.05, 4.69) is 76.4 Å². The molecule has 0 bridgehead atoms. The number of unbranched alkanes of at least 4 members (excludes halogenated alkanes) is 3. The van der Waals surface area contributed by atoms with Crippen molar-refractivity contribution in [2.75, 3.05) is 96.0 Å². The standard InChI is InChI=1S/C69H114N16O21S3/c1-6-55(90)73-26-14-11-19-47(80-57(92)8-3)66(101)82-50(63(70)98)40-109-54-37-62(97)85(69(54)104)30-22-58(93)77-38-43(4)78-65(100)46(17-10-13-27-74-59(94)24-35-107)76-39-49(79-44(5)87)52(89)20-15-16-45(88)21-29-84-61(96)36-53(68(84)103)108-41-51(64(71)99)83-67(102)48(18-9-12-25-72-42-86)81-60(95)23-31-105-33-34-106-32-28-75-56(91)7-2/h42-43,46-51,53-54,76,107H,6-41H2,1-5H3,(H2,70,98)(H2,71,99)(H,72,86)(H,73,90)(H,74,94)(H,75,91)(H,77,93)(H,78,100)(H,79,87)(H,80,92)(H,81,95)(H,82,101)(H,83,102). The van der Waals surface area contributed by atoms with E-state index in [0.717, 1.165) is 33.3 Å². The Morgan fingerprint density at radius 3 is 1.48 bits per heavy atom. The van der Waals surface area contributed by atoms with Gasteiger partial charge in [-0.3, -0.25) is 101 Å². The topological polar surface area (TPSA) is 546 Å².